The number of pyridine rings is 1. The van der Waals surface area contributed by atoms with Crippen LogP contribution >= 0.6 is 0 Å². The molecule has 1 heterocycles. The zero-order valence-electron chi connectivity index (χ0n) is 8.70. The van der Waals surface area contributed by atoms with E-state index in [1.807, 2.05) is 0 Å². The van der Waals surface area contributed by atoms with E-state index in [2.05, 4.69) is 18.8 Å². The minimum Gasteiger partial charge on any atom is -0.327 e. The zero-order chi connectivity index (χ0) is 10.6. The molecule has 0 spiro atoms. The Morgan fingerprint density at radius 1 is 1.43 bits per heavy atom. The molecule has 3 heteroatoms. The van der Waals surface area contributed by atoms with Gasteiger partial charge in [-0.15, -0.1) is 0 Å². The van der Waals surface area contributed by atoms with Crippen LogP contribution in [-0.2, 0) is 6.42 Å². The molecule has 2 nitrogen and oxygen atoms in total. The van der Waals surface area contributed by atoms with E-state index in [0.717, 1.165) is 18.5 Å². The first kappa shape index (κ1) is 11.1. The summed E-state index contributed by atoms with van der Waals surface area (Å²) in [5, 5.41) is 0. The third-order valence-corrected chi connectivity index (χ3v) is 2.03. The highest BCUT2D eigenvalue weighted by molar-refractivity contribution is 5.06. The summed E-state index contributed by atoms with van der Waals surface area (Å²) in [5.74, 6) is 0.289. The van der Waals surface area contributed by atoms with Gasteiger partial charge in [-0.3, -0.25) is 4.98 Å². The van der Waals surface area contributed by atoms with Crippen molar-refractivity contribution in [1.82, 2.24) is 4.98 Å². The second-order valence-corrected chi connectivity index (χ2v) is 4.06. The summed E-state index contributed by atoms with van der Waals surface area (Å²) in [7, 11) is 0. The van der Waals surface area contributed by atoms with E-state index in [-0.39, 0.29) is 11.9 Å². The van der Waals surface area contributed by atoms with Gasteiger partial charge in [0.05, 0.1) is 6.20 Å². The Morgan fingerprint density at radius 3 is 2.64 bits per heavy atom. The van der Waals surface area contributed by atoms with Crippen molar-refractivity contribution >= 4 is 0 Å². The van der Waals surface area contributed by atoms with Crippen molar-refractivity contribution < 1.29 is 4.39 Å². The smallest absolute Gasteiger partial charge is 0.141 e. The van der Waals surface area contributed by atoms with Crippen molar-refractivity contribution in [3.8, 4) is 0 Å². The Labute approximate surface area is 84.3 Å². The van der Waals surface area contributed by atoms with Gasteiger partial charge in [0.1, 0.15) is 5.82 Å². The average Bonchev–Trinajstić information content (AvgIpc) is 2.07. The first-order valence-corrected chi connectivity index (χ1v) is 4.94. The second-order valence-electron chi connectivity index (χ2n) is 4.06. The van der Waals surface area contributed by atoms with Gasteiger partial charge in [0.2, 0.25) is 0 Å². The Morgan fingerprint density at radius 2 is 2.14 bits per heavy atom. The van der Waals surface area contributed by atoms with Crippen LogP contribution < -0.4 is 5.73 Å². The molecule has 1 atom stereocenters. The zero-order valence-corrected chi connectivity index (χ0v) is 8.70. The van der Waals surface area contributed by atoms with Crippen LogP contribution in [0.2, 0.25) is 0 Å². The number of hydrogen-bond donors (Lipinski definition) is 1. The lowest BCUT2D eigenvalue weighted by atomic mass is 10.0. The van der Waals surface area contributed by atoms with Crippen molar-refractivity contribution in [2.24, 2.45) is 11.7 Å². The lowest BCUT2D eigenvalue weighted by Crippen LogP contribution is -2.25. The molecule has 0 aromatic carbocycles. The molecular formula is C11H17FN2. The van der Waals surface area contributed by atoms with E-state index < -0.39 is 0 Å². The molecule has 14 heavy (non-hydrogen) atoms. The Balaban J connectivity index is 2.47. The van der Waals surface area contributed by atoms with E-state index in [1.54, 1.807) is 6.07 Å². The standard InChI is InChI=1S/C11H17FN2/c1-8(2)5-10(13)6-11-4-3-9(12)7-14-11/h3-4,7-8,10H,5-6,13H2,1-2H3. The molecule has 1 aromatic heterocycles. The fraction of sp³-hybridized carbons (Fsp3) is 0.545. The van der Waals surface area contributed by atoms with Crippen LogP contribution in [0.3, 0.4) is 0 Å². The average molecular weight is 196 g/mol. The first-order valence-electron chi connectivity index (χ1n) is 4.94. The predicted molar refractivity (Wildman–Crippen MR) is 55.3 cm³/mol. The minimum atomic E-state index is -0.300. The highest BCUT2D eigenvalue weighted by Gasteiger charge is 2.07. The summed E-state index contributed by atoms with van der Waals surface area (Å²) in [6.07, 6.45) is 2.93. The topological polar surface area (TPSA) is 38.9 Å². The van der Waals surface area contributed by atoms with Gasteiger partial charge in [-0.05, 0) is 24.5 Å². The van der Waals surface area contributed by atoms with E-state index in [9.17, 15) is 4.39 Å². The van der Waals surface area contributed by atoms with Crippen molar-refractivity contribution in [2.45, 2.75) is 32.7 Å². The SMILES string of the molecule is CC(C)CC(N)Cc1ccc(F)cn1. The summed E-state index contributed by atoms with van der Waals surface area (Å²) in [4.78, 5) is 3.97. The van der Waals surface area contributed by atoms with Crippen LogP contribution in [-0.4, -0.2) is 11.0 Å². The maximum atomic E-state index is 12.5. The number of nitrogens with zero attached hydrogens (tertiary/aromatic N) is 1. The van der Waals surface area contributed by atoms with Crippen LogP contribution in [0.15, 0.2) is 18.3 Å². The third-order valence-electron chi connectivity index (χ3n) is 2.03. The molecule has 0 amide bonds. The first-order chi connectivity index (χ1) is 6.58. The molecule has 0 radical (unpaired) electrons. The third kappa shape index (κ3) is 3.83. The van der Waals surface area contributed by atoms with E-state index in [4.69, 9.17) is 5.73 Å². The Bertz CT molecular complexity index is 269. The summed E-state index contributed by atoms with van der Waals surface area (Å²) < 4.78 is 12.5. The number of rotatable bonds is 4. The fourth-order valence-electron chi connectivity index (χ4n) is 1.48. The van der Waals surface area contributed by atoms with Crippen molar-refractivity contribution in [1.29, 1.82) is 0 Å². The molecule has 0 aliphatic carbocycles. The van der Waals surface area contributed by atoms with E-state index >= 15 is 0 Å². The molecule has 1 rings (SSSR count). The maximum Gasteiger partial charge on any atom is 0.141 e. The lowest BCUT2D eigenvalue weighted by Gasteiger charge is -2.13. The largest absolute Gasteiger partial charge is 0.327 e. The molecule has 0 aliphatic rings. The summed E-state index contributed by atoms with van der Waals surface area (Å²) in [6.45, 7) is 4.27. The number of aromatic nitrogens is 1. The molecule has 1 unspecified atom stereocenters. The van der Waals surface area contributed by atoms with E-state index in [0.29, 0.717) is 5.92 Å². The monoisotopic (exact) mass is 196 g/mol. The fourth-order valence-corrected chi connectivity index (χ4v) is 1.48. The van der Waals surface area contributed by atoms with Crippen LogP contribution in [0.25, 0.3) is 0 Å². The second kappa shape index (κ2) is 5.05. The van der Waals surface area contributed by atoms with Crippen molar-refractivity contribution in [3.63, 3.8) is 0 Å². The Kier molecular flexibility index (Phi) is 4.01. The molecule has 1 aromatic rings. The lowest BCUT2D eigenvalue weighted by molar-refractivity contribution is 0.489. The van der Waals surface area contributed by atoms with Gasteiger partial charge in [0.25, 0.3) is 0 Å². The molecule has 2 N–H and O–H groups in total. The summed E-state index contributed by atoms with van der Waals surface area (Å²) in [5.41, 5.74) is 6.77. The van der Waals surface area contributed by atoms with Crippen molar-refractivity contribution in [3.05, 3.63) is 29.8 Å². The predicted octanol–water partition coefficient (Wildman–Crippen LogP) is 2.14. The van der Waals surface area contributed by atoms with Gasteiger partial charge in [-0.1, -0.05) is 13.8 Å². The van der Waals surface area contributed by atoms with Gasteiger partial charge in [-0.25, -0.2) is 4.39 Å². The summed E-state index contributed by atoms with van der Waals surface area (Å²) >= 11 is 0. The molecule has 0 saturated heterocycles. The molecule has 0 aliphatic heterocycles. The van der Waals surface area contributed by atoms with Crippen molar-refractivity contribution in [2.75, 3.05) is 0 Å². The van der Waals surface area contributed by atoms with Crippen LogP contribution in [0.5, 0.6) is 0 Å². The Hall–Kier alpha value is -0.960. The number of nitrogens with two attached hydrogens (primary N) is 1. The minimum absolute atomic E-state index is 0.118. The number of hydrogen-bond acceptors (Lipinski definition) is 2. The molecule has 0 fully saturated rings. The normalized spacial score (nSPS) is 13.2. The molecular weight excluding hydrogens is 179 g/mol. The molecule has 0 saturated carbocycles. The van der Waals surface area contributed by atoms with Gasteiger partial charge in [0, 0.05) is 18.2 Å². The quantitative estimate of drug-likeness (QED) is 0.801. The van der Waals surface area contributed by atoms with Crippen LogP contribution in [0.1, 0.15) is 26.0 Å². The summed E-state index contributed by atoms with van der Waals surface area (Å²) in [6, 6.07) is 3.23. The van der Waals surface area contributed by atoms with Gasteiger partial charge < -0.3 is 5.73 Å². The molecule has 0 bridgehead atoms. The van der Waals surface area contributed by atoms with Crippen LogP contribution in [0.4, 0.5) is 4.39 Å². The van der Waals surface area contributed by atoms with E-state index in [1.165, 1.54) is 12.3 Å². The molecule has 78 valence electrons. The highest BCUT2D eigenvalue weighted by Crippen LogP contribution is 2.07. The number of halogens is 1. The maximum absolute atomic E-state index is 12.5. The van der Waals surface area contributed by atoms with Gasteiger partial charge >= 0.3 is 0 Å². The van der Waals surface area contributed by atoms with Crippen LogP contribution in [0, 0.1) is 11.7 Å². The van der Waals surface area contributed by atoms with Gasteiger partial charge in [-0.2, -0.15) is 0 Å². The van der Waals surface area contributed by atoms with Gasteiger partial charge in [0.15, 0.2) is 0 Å². The highest BCUT2D eigenvalue weighted by atomic mass is 19.1.